The molecule has 2 aromatic heterocycles. The van der Waals surface area contributed by atoms with E-state index in [4.69, 9.17) is 16.3 Å². The average Bonchev–Trinajstić information content (AvgIpc) is 3.29. The molecule has 0 saturated carbocycles. The fraction of sp³-hybridized carbons (Fsp3) is 0.235. The number of halogens is 1. The van der Waals surface area contributed by atoms with Crippen LogP contribution < -0.4 is 5.32 Å². The number of aromatic nitrogens is 3. The SMILES string of the molecule is O=C(NCCCn1ccnc1)OCc1nc(-c2ccc(Cl)cc2)cs1. The molecule has 0 aliphatic rings. The predicted octanol–water partition coefficient (Wildman–Crippen LogP) is 3.98. The van der Waals surface area contributed by atoms with Crippen molar-refractivity contribution in [1.29, 1.82) is 0 Å². The van der Waals surface area contributed by atoms with Crippen LogP contribution in [0.2, 0.25) is 5.02 Å². The molecule has 0 aliphatic carbocycles. The minimum absolute atomic E-state index is 0.158. The van der Waals surface area contributed by atoms with E-state index in [0.29, 0.717) is 11.6 Å². The van der Waals surface area contributed by atoms with Gasteiger partial charge >= 0.3 is 6.09 Å². The Kier molecular flexibility index (Phi) is 6.03. The summed E-state index contributed by atoms with van der Waals surface area (Å²) < 4.78 is 7.15. The lowest BCUT2D eigenvalue weighted by Crippen LogP contribution is -2.25. The molecule has 3 aromatic rings. The first-order valence-corrected chi connectivity index (χ1v) is 9.03. The summed E-state index contributed by atoms with van der Waals surface area (Å²) in [5, 5.41) is 6.10. The van der Waals surface area contributed by atoms with E-state index in [9.17, 15) is 4.79 Å². The molecule has 8 heteroatoms. The monoisotopic (exact) mass is 376 g/mol. The Hall–Kier alpha value is -2.38. The lowest BCUT2D eigenvalue weighted by atomic mass is 10.2. The topological polar surface area (TPSA) is 69.0 Å². The van der Waals surface area contributed by atoms with E-state index in [1.54, 1.807) is 12.5 Å². The number of nitrogens with one attached hydrogen (secondary N) is 1. The summed E-state index contributed by atoms with van der Waals surface area (Å²) in [6, 6.07) is 7.47. The number of thiazole rings is 1. The molecular formula is C17H17ClN4O2S. The second kappa shape index (κ2) is 8.64. The standard InChI is InChI=1S/C17H17ClN4O2S/c18-14-4-2-13(3-5-14)15-11-25-16(21-15)10-24-17(23)20-6-1-8-22-9-7-19-12-22/h2-5,7,9,11-12H,1,6,8,10H2,(H,20,23). The van der Waals surface area contributed by atoms with E-state index in [1.165, 1.54) is 11.3 Å². The Balaban J connectivity index is 1.39. The molecule has 0 radical (unpaired) electrons. The van der Waals surface area contributed by atoms with Gasteiger partial charge in [0.25, 0.3) is 0 Å². The summed E-state index contributed by atoms with van der Waals surface area (Å²) in [6.45, 7) is 1.51. The van der Waals surface area contributed by atoms with Crippen LogP contribution in [0, 0.1) is 0 Å². The molecule has 0 bridgehead atoms. The van der Waals surface area contributed by atoms with Crippen LogP contribution in [0.25, 0.3) is 11.3 Å². The third-order valence-electron chi connectivity index (χ3n) is 3.44. The Morgan fingerprint density at radius 2 is 2.16 bits per heavy atom. The molecule has 1 N–H and O–H groups in total. The molecule has 0 aliphatic heterocycles. The highest BCUT2D eigenvalue weighted by Gasteiger charge is 2.07. The van der Waals surface area contributed by atoms with Crippen molar-refractivity contribution >= 4 is 29.0 Å². The summed E-state index contributed by atoms with van der Waals surface area (Å²) in [6.07, 6.45) is 5.74. The third-order valence-corrected chi connectivity index (χ3v) is 4.51. The van der Waals surface area contributed by atoms with Gasteiger partial charge < -0.3 is 14.6 Å². The smallest absolute Gasteiger partial charge is 0.407 e. The van der Waals surface area contributed by atoms with Gasteiger partial charge in [-0.15, -0.1) is 11.3 Å². The molecule has 0 atom stereocenters. The number of nitrogens with zero attached hydrogens (tertiary/aromatic N) is 3. The van der Waals surface area contributed by atoms with Crippen LogP contribution in [0.4, 0.5) is 4.79 Å². The van der Waals surface area contributed by atoms with Crippen LogP contribution in [-0.2, 0) is 17.9 Å². The minimum Gasteiger partial charge on any atom is -0.442 e. The number of benzene rings is 1. The highest BCUT2D eigenvalue weighted by atomic mass is 35.5. The van der Waals surface area contributed by atoms with Crippen LogP contribution in [0.15, 0.2) is 48.4 Å². The van der Waals surface area contributed by atoms with Crippen molar-refractivity contribution in [3.05, 3.63) is 58.4 Å². The van der Waals surface area contributed by atoms with Crippen molar-refractivity contribution < 1.29 is 9.53 Å². The number of aryl methyl sites for hydroxylation is 1. The molecule has 0 spiro atoms. The Labute approximate surface area is 154 Å². The van der Waals surface area contributed by atoms with Crippen LogP contribution in [0.5, 0.6) is 0 Å². The number of imidazole rings is 1. The van der Waals surface area contributed by atoms with Crippen molar-refractivity contribution in [2.75, 3.05) is 6.54 Å². The van der Waals surface area contributed by atoms with Crippen molar-refractivity contribution in [2.45, 2.75) is 19.6 Å². The van der Waals surface area contributed by atoms with Gasteiger partial charge in [0.1, 0.15) is 11.6 Å². The average molecular weight is 377 g/mol. The van der Waals surface area contributed by atoms with Gasteiger partial charge in [0.15, 0.2) is 0 Å². The Morgan fingerprint density at radius 3 is 2.92 bits per heavy atom. The van der Waals surface area contributed by atoms with Crippen LogP contribution in [0.1, 0.15) is 11.4 Å². The molecule has 2 heterocycles. The molecule has 25 heavy (non-hydrogen) atoms. The minimum atomic E-state index is -0.436. The normalized spacial score (nSPS) is 10.6. The first-order valence-electron chi connectivity index (χ1n) is 7.77. The molecule has 130 valence electrons. The molecule has 3 rings (SSSR count). The fourth-order valence-corrected chi connectivity index (χ4v) is 3.02. The summed E-state index contributed by atoms with van der Waals surface area (Å²) in [7, 11) is 0. The maximum absolute atomic E-state index is 11.7. The summed E-state index contributed by atoms with van der Waals surface area (Å²) >= 11 is 7.34. The first kappa shape index (κ1) is 17.4. The van der Waals surface area contributed by atoms with E-state index in [-0.39, 0.29) is 6.61 Å². The molecule has 1 aromatic carbocycles. The fourth-order valence-electron chi connectivity index (χ4n) is 2.18. The largest absolute Gasteiger partial charge is 0.442 e. The zero-order chi connectivity index (χ0) is 17.5. The van der Waals surface area contributed by atoms with Crippen LogP contribution in [-0.4, -0.2) is 27.2 Å². The number of alkyl carbamates (subject to hydrolysis) is 1. The molecule has 6 nitrogen and oxygen atoms in total. The lowest BCUT2D eigenvalue weighted by Gasteiger charge is -2.06. The van der Waals surface area contributed by atoms with E-state index in [2.05, 4.69) is 15.3 Å². The van der Waals surface area contributed by atoms with Crippen LogP contribution >= 0.6 is 22.9 Å². The van der Waals surface area contributed by atoms with Gasteiger partial charge in [-0.2, -0.15) is 0 Å². The first-order chi connectivity index (χ1) is 12.2. The maximum atomic E-state index is 11.7. The second-order valence-electron chi connectivity index (χ2n) is 5.29. The highest BCUT2D eigenvalue weighted by Crippen LogP contribution is 2.23. The quantitative estimate of drug-likeness (QED) is 0.633. The maximum Gasteiger partial charge on any atom is 0.407 e. The number of amides is 1. The Bertz CT molecular complexity index is 802. The number of hydrogen-bond acceptors (Lipinski definition) is 5. The zero-order valence-electron chi connectivity index (χ0n) is 13.4. The molecule has 0 unspecified atom stereocenters. The zero-order valence-corrected chi connectivity index (χ0v) is 15.0. The van der Waals surface area contributed by atoms with E-state index >= 15 is 0 Å². The summed E-state index contributed by atoms with van der Waals surface area (Å²) in [5.41, 5.74) is 1.83. The molecule has 0 saturated heterocycles. The van der Waals surface area contributed by atoms with Gasteiger partial charge in [-0.05, 0) is 18.6 Å². The number of ether oxygens (including phenoxy) is 1. The third kappa shape index (κ3) is 5.30. The van der Waals surface area contributed by atoms with Crippen LogP contribution in [0.3, 0.4) is 0 Å². The lowest BCUT2D eigenvalue weighted by molar-refractivity contribution is 0.139. The Morgan fingerprint density at radius 1 is 1.32 bits per heavy atom. The number of hydrogen-bond donors (Lipinski definition) is 1. The van der Waals surface area contributed by atoms with Crippen molar-refractivity contribution in [3.63, 3.8) is 0 Å². The van der Waals surface area contributed by atoms with Crippen molar-refractivity contribution in [1.82, 2.24) is 19.9 Å². The van der Waals surface area contributed by atoms with Crippen molar-refractivity contribution in [3.8, 4) is 11.3 Å². The van der Waals surface area contributed by atoms with Gasteiger partial charge in [-0.3, -0.25) is 0 Å². The number of rotatable bonds is 7. The summed E-state index contributed by atoms with van der Waals surface area (Å²) in [4.78, 5) is 20.1. The molecule has 0 fully saturated rings. The van der Waals surface area contributed by atoms with Gasteiger partial charge in [-0.1, -0.05) is 23.7 Å². The highest BCUT2D eigenvalue weighted by molar-refractivity contribution is 7.09. The number of carbonyl (C=O) groups is 1. The van der Waals surface area contributed by atoms with Gasteiger partial charge in [-0.25, -0.2) is 14.8 Å². The van der Waals surface area contributed by atoms with Gasteiger partial charge in [0.05, 0.1) is 12.0 Å². The summed E-state index contributed by atoms with van der Waals surface area (Å²) in [5.74, 6) is 0. The number of carbonyl (C=O) groups excluding carboxylic acids is 1. The van der Waals surface area contributed by atoms with Gasteiger partial charge in [0, 0.05) is 41.4 Å². The van der Waals surface area contributed by atoms with Crippen molar-refractivity contribution in [2.24, 2.45) is 0 Å². The second-order valence-corrected chi connectivity index (χ2v) is 6.67. The van der Waals surface area contributed by atoms with E-state index in [0.717, 1.165) is 29.2 Å². The van der Waals surface area contributed by atoms with E-state index in [1.807, 2.05) is 40.4 Å². The molecular weight excluding hydrogens is 360 g/mol. The predicted molar refractivity (Wildman–Crippen MR) is 97.6 cm³/mol. The molecule has 1 amide bonds. The van der Waals surface area contributed by atoms with Gasteiger partial charge in [0.2, 0.25) is 0 Å². The van der Waals surface area contributed by atoms with E-state index < -0.39 is 6.09 Å².